The third-order valence-electron chi connectivity index (χ3n) is 4.94. The third-order valence-corrected chi connectivity index (χ3v) is 4.94. The topological polar surface area (TPSA) is 24.5 Å². The van der Waals surface area contributed by atoms with E-state index < -0.39 is 0 Å². The average Bonchev–Trinajstić information content (AvgIpc) is 2.64. The molecule has 1 saturated carbocycles. The Bertz CT molecular complexity index is 264. The van der Waals surface area contributed by atoms with Crippen LogP contribution in [0.1, 0.15) is 58.8 Å². The summed E-state index contributed by atoms with van der Waals surface area (Å²) in [5.41, 5.74) is 0.525. The van der Waals surface area contributed by atoms with Gasteiger partial charge in [-0.25, -0.2) is 0 Å². The van der Waals surface area contributed by atoms with Crippen LogP contribution >= 0.6 is 0 Å². The summed E-state index contributed by atoms with van der Waals surface area (Å²) < 4.78 is 5.80. The first kappa shape index (κ1) is 16.3. The molecular formula is C17H34N2O. The normalized spacial score (nSPS) is 28.2. The minimum absolute atomic E-state index is 0.404. The summed E-state index contributed by atoms with van der Waals surface area (Å²) in [5.74, 6) is 0. The van der Waals surface area contributed by atoms with Crippen molar-refractivity contribution in [3.8, 4) is 0 Å². The lowest BCUT2D eigenvalue weighted by atomic mass is 9.73. The van der Waals surface area contributed by atoms with E-state index in [4.69, 9.17) is 4.74 Å². The van der Waals surface area contributed by atoms with E-state index in [-0.39, 0.29) is 0 Å². The van der Waals surface area contributed by atoms with Gasteiger partial charge in [-0.1, -0.05) is 26.2 Å². The second-order valence-electron chi connectivity index (χ2n) is 7.01. The van der Waals surface area contributed by atoms with Crippen LogP contribution in [0.4, 0.5) is 0 Å². The molecule has 0 spiro atoms. The van der Waals surface area contributed by atoms with Crippen LogP contribution in [-0.4, -0.2) is 50.3 Å². The molecule has 0 amide bonds. The number of nitrogens with one attached hydrogen (secondary N) is 1. The second-order valence-corrected chi connectivity index (χ2v) is 7.01. The Morgan fingerprint density at radius 3 is 2.75 bits per heavy atom. The maximum atomic E-state index is 5.80. The van der Waals surface area contributed by atoms with Crippen LogP contribution in [0.3, 0.4) is 0 Å². The molecule has 3 nitrogen and oxygen atoms in total. The van der Waals surface area contributed by atoms with E-state index >= 15 is 0 Å². The van der Waals surface area contributed by atoms with Gasteiger partial charge in [0.05, 0.1) is 6.10 Å². The molecule has 1 atom stereocenters. The van der Waals surface area contributed by atoms with Gasteiger partial charge in [-0.05, 0) is 44.6 Å². The van der Waals surface area contributed by atoms with Crippen LogP contribution in [0.15, 0.2) is 0 Å². The molecule has 2 fully saturated rings. The van der Waals surface area contributed by atoms with E-state index in [0.29, 0.717) is 11.5 Å². The highest BCUT2D eigenvalue weighted by atomic mass is 16.5. The number of ether oxygens (including phenoxy) is 1. The van der Waals surface area contributed by atoms with Crippen LogP contribution in [-0.2, 0) is 4.74 Å². The van der Waals surface area contributed by atoms with Crippen molar-refractivity contribution in [3.63, 3.8) is 0 Å². The van der Waals surface area contributed by atoms with Crippen molar-refractivity contribution < 1.29 is 4.74 Å². The fourth-order valence-corrected chi connectivity index (χ4v) is 3.92. The van der Waals surface area contributed by atoms with Gasteiger partial charge in [0.2, 0.25) is 0 Å². The van der Waals surface area contributed by atoms with Crippen molar-refractivity contribution in [2.45, 2.75) is 64.9 Å². The molecule has 1 heterocycles. The fraction of sp³-hybridized carbons (Fsp3) is 1.00. The Kier molecular flexibility index (Phi) is 6.79. The first-order valence-electron chi connectivity index (χ1n) is 8.79. The predicted octanol–water partition coefficient (Wildman–Crippen LogP) is 3.05. The number of rotatable bonds is 6. The fourth-order valence-electron chi connectivity index (χ4n) is 3.92. The monoisotopic (exact) mass is 282 g/mol. The molecule has 1 aliphatic heterocycles. The van der Waals surface area contributed by atoms with Crippen molar-refractivity contribution in [2.75, 3.05) is 39.3 Å². The Morgan fingerprint density at radius 2 is 2.00 bits per heavy atom. The van der Waals surface area contributed by atoms with E-state index in [2.05, 4.69) is 24.1 Å². The van der Waals surface area contributed by atoms with Crippen LogP contribution in [0, 0.1) is 5.41 Å². The molecule has 0 radical (unpaired) electrons. The summed E-state index contributed by atoms with van der Waals surface area (Å²) in [6, 6.07) is 0. The Labute approximate surface area is 125 Å². The average molecular weight is 282 g/mol. The second kappa shape index (κ2) is 8.35. The lowest BCUT2D eigenvalue weighted by Gasteiger charge is -2.41. The quantitative estimate of drug-likeness (QED) is 0.758. The van der Waals surface area contributed by atoms with Gasteiger partial charge in [0.15, 0.2) is 0 Å². The van der Waals surface area contributed by atoms with E-state index in [0.717, 1.165) is 13.2 Å². The number of hydrogen-bond donors (Lipinski definition) is 1. The molecule has 118 valence electrons. The smallest absolute Gasteiger partial charge is 0.0673 e. The predicted molar refractivity (Wildman–Crippen MR) is 85.1 cm³/mol. The van der Waals surface area contributed by atoms with E-state index in [1.807, 2.05) is 0 Å². The molecule has 0 bridgehead atoms. The molecule has 20 heavy (non-hydrogen) atoms. The van der Waals surface area contributed by atoms with Crippen molar-refractivity contribution >= 4 is 0 Å². The molecular weight excluding hydrogens is 248 g/mol. The molecule has 1 aliphatic carbocycles. The summed E-state index contributed by atoms with van der Waals surface area (Å²) in [4.78, 5) is 2.68. The Hall–Kier alpha value is -0.120. The van der Waals surface area contributed by atoms with Crippen LogP contribution in [0.2, 0.25) is 0 Å². The van der Waals surface area contributed by atoms with Crippen LogP contribution in [0.5, 0.6) is 0 Å². The first-order valence-corrected chi connectivity index (χ1v) is 8.79. The molecule has 1 unspecified atom stereocenters. The minimum Gasteiger partial charge on any atom is -0.377 e. The van der Waals surface area contributed by atoms with Gasteiger partial charge in [0.25, 0.3) is 0 Å². The zero-order valence-corrected chi connectivity index (χ0v) is 13.6. The molecule has 0 aromatic rings. The highest BCUT2D eigenvalue weighted by Gasteiger charge is 2.34. The summed E-state index contributed by atoms with van der Waals surface area (Å²) in [6.45, 7) is 11.4. The summed E-state index contributed by atoms with van der Waals surface area (Å²) in [7, 11) is 0. The zero-order chi connectivity index (χ0) is 14.3. The number of nitrogens with zero attached hydrogens (tertiary/aromatic N) is 1. The maximum Gasteiger partial charge on any atom is 0.0673 e. The highest BCUT2D eigenvalue weighted by molar-refractivity contribution is 4.88. The lowest BCUT2D eigenvalue weighted by molar-refractivity contribution is 0.0517. The maximum absolute atomic E-state index is 5.80. The number of hydrogen-bond acceptors (Lipinski definition) is 3. The molecule has 2 aliphatic rings. The van der Waals surface area contributed by atoms with Gasteiger partial charge in [-0.15, -0.1) is 0 Å². The van der Waals surface area contributed by atoms with E-state index in [1.54, 1.807) is 0 Å². The van der Waals surface area contributed by atoms with Gasteiger partial charge < -0.3 is 15.0 Å². The van der Waals surface area contributed by atoms with Crippen LogP contribution in [0.25, 0.3) is 0 Å². The molecule has 0 aromatic heterocycles. The molecule has 0 aromatic carbocycles. The van der Waals surface area contributed by atoms with Gasteiger partial charge >= 0.3 is 0 Å². The van der Waals surface area contributed by atoms with Crippen LogP contribution < -0.4 is 5.32 Å². The van der Waals surface area contributed by atoms with Crippen molar-refractivity contribution in [3.05, 3.63) is 0 Å². The summed E-state index contributed by atoms with van der Waals surface area (Å²) in [6.07, 6.45) is 9.95. The Morgan fingerprint density at radius 1 is 1.20 bits per heavy atom. The SMILES string of the molecule is CCCNCC1(CN2CCCOC(C)C2)CCCCC1. The van der Waals surface area contributed by atoms with Crippen molar-refractivity contribution in [1.82, 2.24) is 10.2 Å². The minimum atomic E-state index is 0.404. The van der Waals surface area contributed by atoms with Gasteiger partial charge in [-0.2, -0.15) is 0 Å². The van der Waals surface area contributed by atoms with Gasteiger partial charge in [0.1, 0.15) is 0 Å². The molecule has 1 saturated heterocycles. The van der Waals surface area contributed by atoms with Gasteiger partial charge in [-0.3, -0.25) is 0 Å². The van der Waals surface area contributed by atoms with E-state index in [9.17, 15) is 0 Å². The largest absolute Gasteiger partial charge is 0.377 e. The molecule has 1 N–H and O–H groups in total. The molecule has 3 heteroatoms. The van der Waals surface area contributed by atoms with E-state index in [1.165, 1.54) is 71.1 Å². The standard InChI is InChI=1S/C17H34N2O/c1-3-10-18-14-17(8-5-4-6-9-17)15-19-11-7-12-20-16(2)13-19/h16,18H,3-15H2,1-2H3. The molecule has 2 rings (SSSR count). The first-order chi connectivity index (χ1) is 9.74. The lowest BCUT2D eigenvalue weighted by Crippen LogP contribution is -2.47. The third kappa shape index (κ3) is 5.01. The van der Waals surface area contributed by atoms with Gasteiger partial charge in [0, 0.05) is 32.8 Å². The Balaban J connectivity index is 1.91. The summed E-state index contributed by atoms with van der Waals surface area (Å²) in [5, 5.41) is 3.70. The van der Waals surface area contributed by atoms with Crippen molar-refractivity contribution in [2.24, 2.45) is 5.41 Å². The van der Waals surface area contributed by atoms with Crippen molar-refractivity contribution in [1.29, 1.82) is 0 Å². The highest BCUT2D eigenvalue weighted by Crippen LogP contribution is 2.37. The zero-order valence-electron chi connectivity index (χ0n) is 13.6. The summed E-state index contributed by atoms with van der Waals surface area (Å²) >= 11 is 0.